The molecule has 1 unspecified atom stereocenters. The zero-order valence-corrected chi connectivity index (χ0v) is 18.1. The fourth-order valence-corrected chi connectivity index (χ4v) is 2.94. The SMILES string of the molecule is CCOC(=O)NC(CNC(=O)c1ccc(NC(=O)Nc2ccccc2)cc1)CC(C)C. The van der Waals surface area contributed by atoms with Gasteiger partial charge in [0.05, 0.1) is 6.61 Å². The zero-order valence-electron chi connectivity index (χ0n) is 18.1. The molecule has 0 aliphatic heterocycles. The Hall–Kier alpha value is -3.55. The first-order chi connectivity index (χ1) is 14.9. The Labute approximate surface area is 182 Å². The summed E-state index contributed by atoms with van der Waals surface area (Å²) in [7, 11) is 0. The van der Waals surface area contributed by atoms with Crippen LogP contribution in [-0.4, -0.2) is 37.2 Å². The number of para-hydroxylation sites is 1. The molecule has 0 aromatic heterocycles. The number of benzene rings is 2. The standard InChI is InChI=1S/C23H30N4O4/c1-4-31-23(30)27-20(14-16(2)3)15-24-21(28)17-10-12-19(13-11-17)26-22(29)25-18-8-6-5-7-9-18/h5-13,16,20H,4,14-15H2,1-3H3,(H,24,28)(H,27,30)(H2,25,26,29). The van der Waals surface area contributed by atoms with E-state index in [1.54, 1.807) is 43.3 Å². The molecule has 0 spiro atoms. The molecule has 166 valence electrons. The molecule has 0 saturated heterocycles. The third-order valence-corrected chi connectivity index (χ3v) is 4.30. The number of hydrogen-bond donors (Lipinski definition) is 4. The summed E-state index contributed by atoms with van der Waals surface area (Å²) >= 11 is 0. The fourth-order valence-electron chi connectivity index (χ4n) is 2.94. The molecular weight excluding hydrogens is 396 g/mol. The molecule has 4 amide bonds. The Morgan fingerprint density at radius 1 is 0.903 bits per heavy atom. The van der Waals surface area contributed by atoms with Crippen LogP contribution in [0.3, 0.4) is 0 Å². The Bertz CT molecular complexity index is 854. The monoisotopic (exact) mass is 426 g/mol. The number of anilines is 2. The minimum atomic E-state index is -0.494. The largest absolute Gasteiger partial charge is 0.450 e. The first-order valence-electron chi connectivity index (χ1n) is 10.3. The van der Waals surface area contributed by atoms with Crippen molar-refractivity contribution < 1.29 is 19.1 Å². The summed E-state index contributed by atoms with van der Waals surface area (Å²) in [4.78, 5) is 36.2. The van der Waals surface area contributed by atoms with Gasteiger partial charge in [-0.05, 0) is 55.7 Å². The van der Waals surface area contributed by atoms with E-state index in [1.165, 1.54) is 0 Å². The summed E-state index contributed by atoms with van der Waals surface area (Å²) in [5.74, 6) is 0.0796. The molecule has 0 aliphatic rings. The number of hydrogen-bond acceptors (Lipinski definition) is 4. The first-order valence-corrected chi connectivity index (χ1v) is 10.3. The van der Waals surface area contributed by atoms with Gasteiger partial charge < -0.3 is 26.0 Å². The van der Waals surface area contributed by atoms with E-state index in [2.05, 4.69) is 21.3 Å². The zero-order chi connectivity index (χ0) is 22.6. The second-order valence-electron chi connectivity index (χ2n) is 7.42. The third-order valence-electron chi connectivity index (χ3n) is 4.30. The summed E-state index contributed by atoms with van der Waals surface area (Å²) in [5.41, 5.74) is 1.70. The highest BCUT2D eigenvalue weighted by atomic mass is 16.5. The number of rotatable bonds is 9. The molecule has 0 heterocycles. The maximum atomic E-state index is 12.5. The predicted molar refractivity (Wildman–Crippen MR) is 121 cm³/mol. The summed E-state index contributed by atoms with van der Waals surface area (Å²) in [6.07, 6.45) is 0.213. The number of carbonyl (C=O) groups excluding carboxylic acids is 3. The van der Waals surface area contributed by atoms with E-state index in [1.807, 2.05) is 32.0 Å². The van der Waals surface area contributed by atoms with Gasteiger partial charge in [-0.3, -0.25) is 4.79 Å². The molecule has 0 fully saturated rings. The molecule has 0 saturated carbocycles. The number of carbonyl (C=O) groups is 3. The maximum absolute atomic E-state index is 12.5. The van der Waals surface area contributed by atoms with Crippen molar-refractivity contribution in [1.82, 2.24) is 10.6 Å². The number of alkyl carbamates (subject to hydrolysis) is 1. The summed E-state index contributed by atoms with van der Waals surface area (Å²) in [6.45, 7) is 6.40. The molecule has 0 radical (unpaired) electrons. The van der Waals surface area contributed by atoms with E-state index in [0.717, 1.165) is 0 Å². The van der Waals surface area contributed by atoms with Crippen molar-refractivity contribution in [3.05, 3.63) is 60.2 Å². The molecule has 31 heavy (non-hydrogen) atoms. The quantitative estimate of drug-likeness (QED) is 0.481. The van der Waals surface area contributed by atoms with Crippen LogP contribution < -0.4 is 21.3 Å². The molecule has 2 rings (SSSR count). The lowest BCUT2D eigenvalue weighted by Crippen LogP contribution is -2.44. The summed E-state index contributed by atoms with van der Waals surface area (Å²) in [6, 6.07) is 15.1. The van der Waals surface area contributed by atoms with Crippen molar-refractivity contribution in [2.75, 3.05) is 23.8 Å². The van der Waals surface area contributed by atoms with E-state index in [9.17, 15) is 14.4 Å². The van der Waals surface area contributed by atoms with Gasteiger partial charge in [0.25, 0.3) is 5.91 Å². The van der Waals surface area contributed by atoms with Gasteiger partial charge in [0.15, 0.2) is 0 Å². The second-order valence-corrected chi connectivity index (χ2v) is 7.42. The average Bonchev–Trinajstić information content (AvgIpc) is 2.72. The predicted octanol–water partition coefficient (Wildman–Crippen LogP) is 4.22. The molecule has 1 atom stereocenters. The minimum absolute atomic E-state index is 0.231. The normalized spacial score (nSPS) is 11.4. The van der Waals surface area contributed by atoms with E-state index in [0.29, 0.717) is 29.3 Å². The molecule has 0 bridgehead atoms. The van der Waals surface area contributed by atoms with Crippen LogP contribution in [0.2, 0.25) is 0 Å². The number of urea groups is 1. The Morgan fingerprint density at radius 3 is 2.10 bits per heavy atom. The molecule has 8 nitrogen and oxygen atoms in total. The van der Waals surface area contributed by atoms with Crippen molar-refractivity contribution in [3.63, 3.8) is 0 Å². The van der Waals surface area contributed by atoms with Crippen molar-refractivity contribution >= 4 is 29.4 Å². The van der Waals surface area contributed by atoms with Gasteiger partial charge in [0.2, 0.25) is 0 Å². The Kier molecular flexibility index (Phi) is 9.35. The van der Waals surface area contributed by atoms with Crippen LogP contribution >= 0.6 is 0 Å². The van der Waals surface area contributed by atoms with Crippen LogP contribution in [0.5, 0.6) is 0 Å². The molecule has 2 aromatic rings. The van der Waals surface area contributed by atoms with Crippen molar-refractivity contribution in [1.29, 1.82) is 0 Å². The lowest BCUT2D eigenvalue weighted by Gasteiger charge is -2.20. The first kappa shape index (κ1) is 23.7. The van der Waals surface area contributed by atoms with Crippen molar-refractivity contribution in [2.45, 2.75) is 33.2 Å². The van der Waals surface area contributed by atoms with Crippen LogP contribution in [-0.2, 0) is 4.74 Å². The van der Waals surface area contributed by atoms with Crippen LogP contribution in [0, 0.1) is 5.92 Å². The molecule has 0 aliphatic carbocycles. The molecular formula is C23H30N4O4. The maximum Gasteiger partial charge on any atom is 0.407 e. The summed E-state index contributed by atoms with van der Waals surface area (Å²) in [5, 5.41) is 11.1. The van der Waals surface area contributed by atoms with Crippen LogP contribution in [0.15, 0.2) is 54.6 Å². The molecule has 2 aromatic carbocycles. The highest BCUT2D eigenvalue weighted by Crippen LogP contribution is 2.12. The van der Waals surface area contributed by atoms with Crippen LogP contribution in [0.25, 0.3) is 0 Å². The van der Waals surface area contributed by atoms with Gasteiger partial charge in [0.1, 0.15) is 0 Å². The lowest BCUT2D eigenvalue weighted by molar-refractivity contribution is 0.0944. The van der Waals surface area contributed by atoms with E-state index >= 15 is 0 Å². The van der Waals surface area contributed by atoms with Crippen LogP contribution in [0.1, 0.15) is 37.6 Å². The Morgan fingerprint density at radius 2 is 1.52 bits per heavy atom. The molecule has 4 N–H and O–H groups in total. The third kappa shape index (κ3) is 8.77. The number of amides is 4. The van der Waals surface area contributed by atoms with Crippen molar-refractivity contribution in [3.8, 4) is 0 Å². The Balaban J connectivity index is 1.87. The van der Waals surface area contributed by atoms with Gasteiger partial charge in [-0.2, -0.15) is 0 Å². The highest BCUT2D eigenvalue weighted by Gasteiger charge is 2.16. The number of ether oxygens (including phenoxy) is 1. The van der Waals surface area contributed by atoms with Crippen LogP contribution in [0.4, 0.5) is 21.0 Å². The van der Waals surface area contributed by atoms with Gasteiger partial charge in [-0.1, -0.05) is 32.0 Å². The minimum Gasteiger partial charge on any atom is -0.450 e. The van der Waals surface area contributed by atoms with Crippen molar-refractivity contribution in [2.24, 2.45) is 5.92 Å². The second kappa shape index (κ2) is 12.2. The summed E-state index contributed by atoms with van der Waals surface area (Å²) < 4.78 is 4.93. The van der Waals surface area contributed by atoms with Gasteiger partial charge in [-0.15, -0.1) is 0 Å². The van der Waals surface area contributed by atoms with Gasteiger partial charge in [-0.25, -0.2) is 9.59 Å². The fraction of sp³-hybridized carbons (Fsp3) is 0.348. The molecule has 8 heteroatoms. The highest BCUT2D eigenvalue weighted by molar-refractivity contribution is 6.00. The number of nitrogens with one attached hydrogen (secondary N) is 4. The smallest absolute Gasteiger partial charge is 0.407 e. The van der Waals surface area contributed by atoms with Gasteiger partial charge >= 0.3 is 12.1 Å². The van der Waals surface area contributed by atoms with Gasteiger partial charge in [0, 0.05) is 29.5 Å². The van der Waals surface area contributed by atoms with E-state index in [4.69, 9.17) is 4.74 Å². The van der Waals surface area contributed by atoms with E-state index in [-0.39, 0.29) is 31.1 Å². The van der Waals surface area contributed by atoms with E-state index < -0.39 is 6.09 Å². The lowest BCUT2D eigenvalue weighted by atomic mass is 10.0. The average molecular weight is 427 g/mol. The topological polar surface area (TPSA) is 109 Å².